The zero-order valence-corrected chi connectivity index (χ0v) is 17.9. The SMILES string of the molecule is Cl.Cl.O=C(CC1COCCN1)NCC1CCN(CC(O)c2ccccc2)CC1. The molecule has 0 spiro atoms. The number of nitrogens with one attached hydrogen (secondary N) is 2. The number of rotatable bonds is 7. The van der Waals surface area contributed by atoms with Crippen LogP contribution < -0.4 is 10.6 Å². The predicted molar refractivity (Wildman–Crippen MR) is 115 cm³/mol. The Bertz CT molecular complexity index is 551. The quantitative estimate of drug-likeness (QED) is 0.610. The molecular formula is C20H33Cl2N3O3. The molecule has 8 heteroatoms. The van der Waals surface area contributed by atoms with E-state index in [1.807, 2.05) is 30.3 Å². The number of nitrogens with zero attached hydrogens (tertiary/aromatic N) is 1. The molecule has 0 saturated carbocycles. The Morgan fingerprint density at radius 2 is 1.96 bits per heavy atom. The average molecular weight is 434 g/mol. The number of carbonyl (C=O) groups excluding carboxylic acids is 1. The molecule has 3 rings (SSSR count). The van der Waals surface area contributed by atoms with E-state index < -0.39 is 6.10 Å². The maximum Gasteiger partial charge on any atom is 0.221 e. The third kappa shape index (κ3) is 8.23. The first kappa shape index (κ1) is 25.1. The second kappa shape index (κ2) is 13.4. The molecule has 0 radical (unpaired) electrons. The summed E-state index contributed by atoms with van der Waals surface area (Å²) in [5.41, 5.74) is 0.974. The van der Waals surface area contributed by atoms with Crippen LogP contribution in [0.1, 0.15) is 30.9 Å². The Hall–Kier alpha value is -0.890. The summed E-state index contributed by atoms with van der Waals surface area (Å²) in [5.74, 6) is 0.634. The van der Waals surface area contributed by atoms with Crippen LogP contribution in [-0.4, -0.2) is 67.9 Å². The van der Waals surface area contributed by atoms with E-state index in [-0.39, 0.29) is 36.8 Å². The molecule has 2 aliphatic heterocycles. The van der Waals surface area contributed by atoms with Crippen molar-refractivity contribution in [1.82, 2.24) is 15.5 Å². The van der Waals surface area contributed by atoms with Crippen LogP contribution in [0.25, 0.3) is 0 Å². The van der Waals surface area contributed by atoms with Crippen molar-refractivity contribution in [3.63, 3.8) is 0 Å². The van der Waals surface area contributed by atoms with Crippen molar-refractivity contribution >= 4 is 30.7 Å². The summed E-state index contributed by atoms with van der Waals surface area (Å²) in [5, 5.41) is 16.7. The van der Waals surface area contributed by atoms with Crippen LogP contribution in [0, 0.1) is 5.92 Å². The normalized spacial score (nSPS) is 21.8. The van der Waals surface area contributed by atoms with Crippen molar-refractivity contribution in [1.29, 1.82) is 0 Å². The Balaban J connectivity index is 0.00000196. The fraction of sp³-hybridized carbons (Fsp3) is 0.650. The third-order valence-corrected chi connectivity index (χ3v) is 5.34. The van der Waals surface area contributed by atoms with Crippen LogP contribution in [-0.2, 0) is 9.53 Å². The van der Waals surface area contributed by atoms with Crippen molar-refractivity contribution in [2.75, 3.05) is 45.9 Å². The van der Waals surface area contributed by atoms with Gasteiger partial charge in [0.2, 0.25) is 5.91 Å². The number of piperidine rings is 1. The predicted octanol–water partition coefficient (Wildman–Crippen LogP) is 1.77. The highest BCUT2D eigenvalue weighted by molar-refractivity contribution is 5.85. The van der Waals surface area contributed by atoms with Crippen molar-refractivity contribution in [2.24, 2.45) is 5.92 Å². The van der Waals surface area contributed by atoms with Gasteiger partial charge in [-0.3, -0.25) is 4.79 Å². The zero-order chi connectivity index (χ0) is 18.2. The van der Waals surface area contributed by atoms with Gasteiger partial charge in [-0.15, -0.1) is 24.8 Å². The lowest BCUT2D eigenvalue weighted by Crippen LogP contribution is -2.45. The molecule has 2 heterocycles. The van der Waals surface area contributed by atoms with Gasteiger partial charge in [0.15, 0.2) is 0 Å². The smallest absolute Gasteiger partial charge is 0.221 e. The highest BCUT2D eigenvalue weighted by atomic mass is 35.5. The topological polar surface area (TPSA) is 73.8 Å². The maximum absolute atomic E-state index is 12.1. The molecule has 2 aliphatic rings. The second-order valence-electron chi connectivity index (χ2n) is 7.40. The minimum absolute atomic E-state index is 0. The Kier molecular flexibility index (Phi) is 12.0. The number of carbonyl (C=O) groups is 1. The summed E-state index contributed by atoms with van der Waals surface area (Å²) in [6.45, 7) is 5.55. The van der Waals surface area contributed by atoms with Gasteiger partial charge < -0.3 is 25.4 Å². The second-order valence-corrected chi connectivity index (χ2v) is 7.40. The van der Waals surface area contributed by atoms with Gasteiger partial charge in [-0.2, -0.15) is 0 Å². The van der Waals surface area contributed by atoms with Crippen LogP contribution in [0.4, 0.5) is 0 Å². The number of amides is 1. The summed E-state index contributed by atoms with van der Waals surface area (Å²) >= 11 is 0. The number of halogens is 2. The van der Waals surface area contributed by atoms with Gasteiger partial charge in [0.1, 0.15) is 0 Å². The van der Waals surface area contributed by atoms with Crippen LogP contribution in [0.15, 0.2) is 30.3 Å². The third-order valence-electron chi connectivity index (χ3n) is 5.34. The Morgan fingerprint density at radius 3 is 2.61 bits per heavy atom. The molecule has 2 atom stereocenters. The summed E-state index contributed by atoms with van der Waals surface area (Å²) in [6.07, 6.45) is 2.18. The monoisotopic (exact) mass is 433 g/mol. The first-order valence-electron chi connectivity index (χ1n) is 9.74. The van der Waals surface area contributed by atoms with Gasteiger partial charge >= 0.3 is 0 Å². The number of morpholine rings is 1. The Morgan fingerprint density at radius 1 is 1.25 bits per heavy atom. The van der Waals surface area contributed by atoms with E-state index in [0.717, 1.165) is 51.2 Å². The number of β-amino-alcohol motifs (C(OH)–C–C–N with tert-alkyl or cyclic N) is 1. The molecule has 1 aromatic carbocycles. The van der Waals surface area contributed by atoms with Gasteiger partial charge in [-0.05, 0) is 37.4 Å². The van der Waals surface area contributed by atoms with E-state index in [1.54, 1.807) is 0 Å². The van der Waals surface area contributed by atoms with E-state index in [4.69, 9.17) is 4.74 Å². The molecule has 2 saturated heterocycles. The van der Waals surface area contributed by atoms with Crippen molar-refractivity contribution in [3.8, 4) is 0 Å². The number of hydrogen-bond donors (Lipinski definition) is 3. The summed E-state index contributed by atoms with van der Waals surface area (Å²) in [7, 11) is 0. The molecule has 1 aromatic rings. The first-order valence-corrected chi connectivity index (χ1v) is 9.74. The van der Waals surface area contributed by atoms with Crippen molar-refractivity contribution in [3.05, 3.63) is 35.9 Å². The molecule has 3 N–H and O–H groups in total. The van der Waals surface area contributed by atoms with Gasteiger partial charge in [-0.25, -0.2) is 0 Å². The average Bonchev–Trinajstić information content (AvgIpc) is 2.69. The largest absolute Gasteiger partial charge is 0.387 e. The number of hydrogen-bond acceptors (Lipinski definition) is 5. The Labute approximate surface area is 180 Å². The standard InChI is InChI=1S/C20H31N3O3.2ClH/c24-19(17-4-2-1-3-5-17)14-23-9-6-16(7-10-23)13-22-20(25)12-18-15-26-11-8-21-18;;/h1-5,16,18-19,21,24H,6-15H2,(H,22,25);2*1H. The molecule has 1 amide bonds. The van der Waals surface area contributed by atoms with E-state index in [2.05, 4.69) is 15.5 Å². The van der Waals surface area contributed by atoms with Gasteiger partial charge in [0.25, 0.3) is 0 Å². The van der Waals surface area contributed by atoms with E-state index in [1.165, 1.54) is 0 Å². The molecule has 6 nitrogen and oxygen atoms in total. The minimum Gasteiger partial charge on any atom is -0.387 e. The highest BCUT2D eigenvalue weighted by Crippen LogP contribution is 2.20. The van der Waals surface area contributed by atoms with Crippen molar-refractivity contribution < 1.29 is 14.6 Å². The van der Waals surface area contributed by atoms with E-state index >= 15 is 0 Å². The lowest BCUT2D eigenvalue weighted by Gasteiger charge is -2.33. The van der Waals surface area contributed by atoms with E-state index in [9.17, 15) is 9.90 Å². The summed E-state index contributed by atoms with van der Waals surface area (Å²) in [6, 6.07) is 9.97. The summed E-state index contributed by atoms with van der Waals surface area (Å²) in [4.78, 5) is 14.4. The first-order chi connectivity index (χ1) is 12.7. The van der Waals surface area contributed by atoms with Gasteiger partial charge in [-0.1, -0.05) is 30.3 Å². The molecule has 0 bridgehead atoms. The van der Waals surface area contributed by atoms with Gasteiger partial charge in [0, 0.05) is 32.1 Å². The molecular weight excluding hydrogens is 401 g/mol. The van der Waals surface area contributed by atoms with Crippen LogP contribution in [0.3, 0.4) is 0 Å². The van der Waals surface area contributed by atoms with Crippen LogP contribution >= 0.6 is 24.8 Å². The molecule has 160 valence electrons. The zero-order valence-electron chi connectivity index (χ0n) is 16.2. The molecule has 0 aromatic heterocycles. The van der Waals surface area contributed by atoms with E-state index in [0.29, 0.717) is 25.5 Å². The number of benzene rings is 1. The molecule has 0 aliphatic carbocycles. The minimum atomic E-state index is -0.433. The number of aliphatic hydroxyl groups is 1. The fourth-order valence-corrected chi connectivity index (χ4v) is 3.70. The lowest BCUT2D eigenvalue weighted by molar-refractivity contribution is -0.122. The van der Waals surface area contributed by atoms with Crippen LogP contribution in [0.5, 0.6) is 0 Å². The molecule has 2 unspecified atom stereocenters. The summed E-state index contributed by atoms with van der Waals surface area (Å²) < 4.78 is 5.38. The number of ether oxygens (including phenoxy) is 1. The van der Waals surface area contributed by atoms with Crippen LogP contribution in [0.2, 0.25) is 0 Å². The van der Waals surface area contributed by atoms with Gasteiger partial charge in [0.05, 0.1) is 19.3 Å². The molecule has 28 heavy (non-hydrogen) atoms. The molecule has 2 fully saturated rings. The van der Waals surface area contributed by atoms with Crippen molar-refractivity contribution in [2.45, 2.75) is 31.4 Å². The maximum atomic E-state index is 12.1. The number of aliphatic hydroxyl groups excluding tert-OH is 1. The fourth-order valence-electron chi connectivity index (χ4n) is 3.70. The number of likely N-dealkylation sites (tertiary alicyclic amines) is 1. The lowest BCUT2D eigenvalue weighted by atomic mass is 9.96. The highest BCUT2D eigenvalue weighted by Gasteiger charge is 2.23.